The topological polar surface area (TPSA) is 159 Å². The quantitative estimate of drug-likeness (QED) is 0.471. The van der Waals surface area contributed by atoms with Crippen molar-refractivity contribution in [3.05, 3.63) is 64.6 Å². The number of H-pyrrole nitrogens is 1. The smallest absolute Gasteiger partial charge is 0.358 e. The summed E-state index contributed by atoms with van der Waals surface area (Å²) < 4.78 is 32.8. The van der Waals surface area contributed by atoms with Gasteiger partial charge in [0, 0.05) is 5.56 Å². The van der Waals surface area contributed by atoms with Crippen LogP contribution in [0.15, 0.2) is 58.2 Å². The molecule has 29 heavy (non-hydrogen) atoms. The molecule has 1 aromatic heterocycles. The first kappa shape index (κ1) is 19.9. The van der Waals surface area contributed by atoms with Crippen molar-refractivity contribution >= 4 is 21.7 Å². The summed E-state index contributed by atoms with van der Waals surface area (Å²) in [6.07, 6.45) is 0. The number of rotatable bonds is 6. The Hall–Kier alpha value is -3.86. The lowest BCUT2D eigenvalue weighted by atomic mass is 10.1. The maximum atomic E-state index is 12.7. The van der Waals surface area contributed by atoms with Crippen LogP contribution in [0, 0.1) is 0 Å². The van der Waals surface area contributed by atoms with Crippen LogP contribution >= 0.6 is 0 Å². The van der Waals surface area contributed by atoms with Gasteiger partial charge in [0.2, 0.25) is 5.75 Å². The molecule has 0 saturated carbocycles. The molecule has 0 aliphatic rings. The Morgan fingerprint density at radius 2 is 1.79 bits per heavy atom. The third-order valence-electron chi connectivity index (χ3n) is 3.89. The lowest BCUT2D eigenvalue weighted by molar-refractivity contribution is 0.0686. The van der Waals surface area contributed by atoms with Gasteiger partial charge in [0.25, 0.3) is 15.6 Å². The number of nitrogens with zero attached hydrogens (tertiary/aromatic N) is 1. The van der Waals surface area contributed by atoms with E-state index in [-0.39, 0.29) is 22.0 Å². The maximum Gasteiger partial charge on any atom is 0.358 e. The van der Waals surface area contributed by atoms with E-state index in [2.05, 4.69) is 14.7 Å². The molecule has 0 fully saturated rings. The van der Waals surface area contributed by atoms with Gasteiger partial charge in [0.1, 0.15) is 11.6 Å². The van der Waals surface area contributed by atoms with Gasteiger partial charge >= 0.3 is 5.97 Å². The Kier molecular flexibility index (Phi) is 5.24. The highest BCUT2D eigenvalue weighted by Crippen LogP contribution is 2.28. The molecule has 11 heteroatoms. The molecule has 0 spiro atoms. The number of carbonyl (C=O) groups is 1. The molecule has 3 rings (SSSR count). The molecule has 10 nitrogen and oxygen atoms in total. The lowest BCUT2D eigenvalue weighted by Crippen LogP contribution is -2.17. The van der Waals surface area contributed by atoms with Gasteiger partial charge in [-0.3, -0.25) is 9.52 Å². The van der Waals surface area contributed by atoms with E-state index >= 15 is 0 Å². The fourth-order valence-electron chi connectivity index (χ4n) is 2.48. The number of carboxylic acids is 1. The Balaban J connectivity index is 2.06. The molecule has 2 aromatic carbocycles. The number of nitrogens with one attached hydrogen (secondary N) is 2. The van der Waals surface area contributed by atoms with E-state index in [1.807, 2.05) is 0 Å². The average Bonchev–Trinajstić information content (AvgIpc) is 2.70. The standard InChI is InChI=1S/C18H15N3O7S/c1-28-10-6-8-11(9-7-10)29(26,27)21-13-5-3-2-4-12(13)16-19-14(18(24)25)15(22)17(23)20-16/h2-9,21-22H,1H3,(H,24,25)(H,19,20,23). The Morgan fingerprint density at radius 3 is 2.41 bits per heavy atom. The van der Waals surface area contributed by atoms with E-state index in [0.717, 1.165) is 0 Å². The van der Waals surface area contributed by atoms with E-state index in [1.165, 1.54) is 43.5 Å². The fraction of sp³-hybridized carbons (Fsp3) is 0.0556. The van der Waals surface area contributed by atoms with E-state index in [9.17, 15) is 23.1 Å². The number of ether oxygens (including phenoxy) is 1. The summed E-state index contributed by atoms with van der Waals surface area (Å²) in [7, 11) is -2.55. The van der Waals surface area contributed by atoms with E-state index in [0.29, 0.717) is 5.75 Å². The van der Waals surface area contributed by atoms with Crippen LogP contribution in [0.3, 0.4) is 0 Å². The zero-order valence-electron chi connectivity index (χ0n) is 14.9. The largest absolute Gasteiger partial charge is 0.501 e. The van der Waals surface area contributed by atoms with Crippen LogP contribution in [0.1, 0.15) is 10.5 Å². The number of aromatic nitrogens is 2. The van der Waals surface area contributed by atoms with Crippen LogP contribution in [0.4, 0.5) is 5.69 Å². The summed E-state index contributed by atoms with van der Waals surface area (Å²) in [5.41, 5.74) is -1.76. The molecule has 3 aromatic rings. The second kappa shape index (κ2) is 7.64. The normalized spacial score (nSPS) is 11.1. The highest BCUT2D eigenvalue weighted by Gasteiger charge is 2.21. The van der Waals surface area contributed by atoms with Gasteiger partial charge in [-0.15, -0.1) is 0 Å². The summed E-state index contributed by atoms with van der Waals surface area (Å²) in [5, 5.41) is 18.7. The van der Waals surface area contributed by atoms with Crippen LogP contribution in [0.25, 0.3) is 11.4 Å². The predicted molar refractivity (Wildman–Crippen MR) is 103 cm³/mol. The molecular formula is C18H15N3O7S. The lowest BCUT2D eigenvalue weighted by Gasteiger charge is -2.13. The number of methoxy groups -OCH3 is 1. The van der Waals surface area contributed by atoms with Gasteiger partial charge in [-0.25, -0.2) is 18.2 Å². The molecule has 1 heterocycles. The van der Waals surface area contributed by atoms with Crippen molar-refractivity contribution in [1.82, 2.24) is 9.97 Å². The van der Waals surface area contributed by atoms with Crippen molar-refractivity contribution in [2.75, 3.05) is 11.8 Å². The molecule has 0 saturated heterocycles. The zero-order valence-corrected chi connectivity index (χ0v) is 15.7. The van der Waals surface area contributed by atoms with Crippen molar-refractivity contribution < 1.29 is 28.2 Å². The number of aromatic carboxylic acids is 1. The van der Waals surface area contributed by atoms with E-state index < -0.39 is 33.0 Å². The van der Waals surface area contributed by atoms with Crippen LogP contribution in [0.5, 0.6) is 11.5 Å². The van der Waals surface area contributed by atoms with Crippen molar-refractivity contribution in [3.8, 4) is 22.9 Å². The van der Waals surface area contributed by atoms with Gasteiger partial charge in [-0.2, -0.15) is 0 Å². The SMILES string of the molecule is COc1ccc(S(=O)(=O)Nc2ccccc2-c2nc(C(=O)O)c(O)c(=O)[nH]2)cc1. The van der Waals surface area contributed by atoms with Crippen LogP contribution in [0.2, 0.25) is 0 Å². The van der Waals surface area contributed by atoms with Gasteiger partial charge in [0.15, 0.2) is 5.69 Å². The second-order valence-electron chi connectivity index (χ2n) is 5.74. The molecule has 0 aliphatic heterocycles. The number of hydrogen-bond acceptors (Lipinski definition) is 7. The van der Waals surface area contributed by atoms with Crippen molar-refractivity contribution in [1.29, 1.82) is 0 Å². The van der Waals surface area contributed by atoms with Gasteiger partial charge in [-0.05, 0) is 36.4 Å². The Bertz CT molecular complexity index is 1240. The van der Waals surface area contributed by atoms with Gasteiger partial charge in [-0.1, -0.05) is 12.1 Å². The summed E-state index contributed by atoms with van der Waals surface area (Å²) >= 11 is 0. The number of aromatic hydroxyl groups is 1. The summed E-state index contributed by atoms with van der Waals surface area (Å²) in [6.45, 7) is 0. The number of para-hydroxylation sites is 1. The molecule has 4 N–H and O–H groups in total. The molecule has 0 aliphatic carbocycles. The Morgan fingerprint density at radius 1 is 1.14 bits per heavy atom. The maximum absolute atomic E-state index is 12.7. The summed E-state index contributed by atoms with van der Waals surface area (Å²) in [4.78, 5) is 29.0. The molecule has 0 amide bonds. The fourth-order valence-corrected chi connectivity index (χ4v) is 3.56. The number of anilines is 1. The van der Waals surface area contributed by atoms with Crippen molar-refractivity contribution in [2.24, 2.45) is 0 Å². The number of sulfonamides is 1. The predicted octanol–water partition coefficient (Wildman–Crippen LogP) is 1.65. The number of aromatic amines is 1. The van der Waals surface area contributed by atoms with Crippen molar-refractivity contribution in [2.45, 2.75) is 4.90 Å². The average molecular weight is 417 g/mol. The second-order valence-corrected chi connectivity index (χ2v) is 7.43. The molecule has 150 valence electrons. The summed E-state index contributed by atoms with van der Waals surface area (Å²) in [5.74, 6) is -2.39. The monoisotopic (exact) mass is 417 g/mol. The van der Waals surface area contributed by atoms with Gasteiger partial charge < -0.3 is 19.9 Å². The molecule has 0 radical (unpaired) electrons. The minimum atomic E-state index is -4.00. The molecule has 0 atom stereocenters. The highest BCUT2D eigenvalue weighted by molar-refractivity contribution is 7.92. The first-order chi connectivity index (χ1) is 13.7. The zero-order chi connectivity index (χ0) is 21.2. The first-order valence-corrected chi connectivity index (χ1v) is 9.54. The highest BCUT2D eigenvalue weighted by atomic mass is 32.2. The van der Waals surface area contributed by atoms with E-state index in [1.54, 1.807) is 12.1 Å². The molecule has 0 bridgehead atoms. The number of carboxylic acid groups (broad SMARTS) is 1. The first-order valence-electron chi connectivity index (χ1n) is 8.06. The minimum Gasteiger partial charge on any atom is -0.501 e. The third kappa shape index (κ3) is 4.04. The number of hydrogen-bond donors (Lipinski definition) is 4. The van der Waals surface area contributed by atoms with Crippen LogP contribution in [-0.2, 0) is 10.0 Å². The van der Waals surface area contributed by atoms with Crippen LogP contribution < -0.4 is 15.0 Å². The minimum absolute atomic E-state index is 0.0357. The van der Waals surface area contributed by atoms with E-state index in [4.69, 9.17) is 9.84 Å². The number of benzene rings is 2. The summed E-state index contributed by atoms with van der Waals surface area (Å²) in [6, 6.07) is 11.6. The molecule has 0 unspecified atom stereocenters. The Labute approximate surface area is 164 Å². The van der Waals surface area contributed by atoms with Crippen LogP contribution in [-0.4, -0.2) is 41.7 Å². The molecular weight excluding hydrogens is 402 g/mol. The third-order valence-corrected chi connectivity index (χ3v) is 5.28. The van der Waals surface area contributed by atoms with Gasteiger partial charge in [0.05, 0.1) is 17.7 Å². The van der Waals surface area contributed by atoms with Crippen molar-refractivity contribution in [3.63, 3.8) is 0 Å².